The van der Waals surface area contributed by atoms with E-state index >= 15 is 0 Å². The van der Waals surface area contributed by atoms with Gasteiger partial charge in [0, 0.05) is 12.1 Å². The minimum absolute atomic E-state index is 0.0811. The molecule has 0 amide bonds. The number of carbonyl (C=O) groups is 1. The van der Waals surface area contributed by atoms with E-state index in [2.05, 4.69) is 5.32 Å². The number of benzene rings is 1. The molecule has 1 aromatic rings. The van der Waals surface area contributed by atoms with Crippen molar-refractivity contribution in [2.45, 2.75) is 38.6 Å². The summed E-state index contributed by atoms with van der Waals surface area (Å²) in [5, 5.41) is 14.3. The van der Waals surface area contributed by atoms with Crippen LogP contribution in [0.15, 0.2) is 18.2 Å². The summed E-state index contributed by atoms with van der Waals surface area (Å²) in [5.74, 6) is -0.539. The Balaban J connectivity index is 2.23. The number of hydrogen-bond acceptors (Lipinski definition) is 5. The van der Waals surface area contributed by atoms with E-state index < -0.39 is 10.9 Å². The van der Waals surface area contributed by atoms with Gasteiger partial charge in [0.2, 0.25) is 0 Å². The van der Waals surface area contributed by atoms with E-state index in [9.17, 15) is 14.9 Å². The predicted octanol–water partition coefficient (Wildman–Crippen LogP) is 3.13. The lowest BCUT2D eigenvalue weighted by Gasteiger charge is -2.14. The predicted molar refractivity (Wildman–Crippen MR) is 74.9 cm³/mol. The molecule has 0 heterocycles. The van der Waals surface area contributed by atoms with Gasteiger partial charge in [-0.05, 0) is 31.9 Å². The average Bonchev–Trinajstić information content (AvgIpc) is 2.92. The van der Waals surface area contributed by atoms with Crippen molar-refractivity contribution < 1.29 is 14.5 Å². The molecule has 0 unspecified atom stereocenters. The molecular weight excluding hydrogens is 260 g/mol. The van der Waals surface area contributed by atoms with E-state index in [0.29, 0.717) is 5.69 Å². The van der Waals surface area contributed by atoms with Gasteiger partial charge in [0.25, 0.3) is 5.69 Å². The van der Waals surface area contributed by atoms with Crippen molar-refractivity contribution in [1.82, 2.24) is 0 Å². The highest BCUT2D eigenvalue weighted by Gasteiger charge is 2.22. The summed E-state index contributed by atoms with van der Waals surface area (Å²) in [6, 6.07) is 4.70. The number of hydrogen-bond donors (Lipinski definition) is 1. The summed E-state index contributed by atoms with van der Waals surface area (Å²) >= 11 is 0. The summed E-state index contributed by atoms with van der Waals surface area (Å²) in [5.41, 5.74) is 0.591. The molecule has 0 aromatic heterocycles. The first-order valence-electron chi connectivity index (χ1n) is 6.84. The highest BCUT2D eigenvalue weighted by Crippen LogP contribution is 2.30. The second-order valence-electron chi connectivity index (χ2n) is 4.84. The Labute approximate surface area is 117 Å². The number of nitro benzene ring substituents is 1. The molecule has 108 valence electrons. The molecule has 20 heavy (non-hydrogen) atoms. The van der Waals surface area contributed by atoms with Crippen LogP contribution in [-0.2, 0) is 4.74 Å². The first kappa shape index (κ1) is 14.3. The van der Waals surface area contributed by atoms with E-state index in [1.54, 1.807) is 19.1 Å². The molecule has 0 spiro atoms. The number of carbonyl (C=O) groups excluding carboxylic acids is 1. The Morgan fingerprint density at radius 1 is 1.45 bits per heavy atom. The van der Waals surface area contributed by atoms with Crippen molar-refractivity contribution in [2.75, 3.05) is 11.9 Å². The lowest BCUT2D eigenvalue weighted by Crippen LogP contribution is -2.16. The van der Waals surface area contributed by atoms with Crippen LogP contribution >= 0.6 is 0 Å². The van der Waals surface area contributed by atoms with Gasteiger partial charge in [-0.1, -0.05) is 12.8 Å². The fourth-order valence-corrected chi connectivity index (χ4v) is 2.44. The summed E-state index contributed by atoms with van der Waals surface area (Å²) in [7, 11) is 0. The zero-order valence-corrected chi connectivity index (χ0v) is 11.4. The molecule has 1 fully saturated rings. The first-order valence-corrected chi connectivity index (χ1v) is 6.84. The maximum atomic E-state index is 11.6. The SMILES string of the molecule is CCOC(=O)c1ccc(NC2CCCC2)c([N+](=O)[O-])c1. The fraction of sp³-hybridized carbons (Fsp3) is 0.500. The van der Waals surface area contributed by atoms with Crippen molar-refractivity contribution in [3.8, 4) is 0 Å². The average molecular weight is 278 g/mol. The molecule has 1 aliphatic carbocycles. The number of ether oxygens (including phenoxy) is 1. The zero-order chi connectivity index (χ0) is 14.5. The molecule has 6 heteroatoms. The third kappa shape index (κ3) is 3.26. The minimum atomic E-state index is -0.539. The van der Waals surface area contributed by atoms with Crippen molar-refractivity contribution in [3.63, 3.8) is 0 Å². The highest BCUT2D eigenvalue weighted by atomic mass is 16.6. The summed E-state index contributed by atoms with van der Waals surface area (Å²) < 4.78 is 4.85. The topological polar surface area (TPSA) is 81.5 Å². The molecule has 0 saturated heterocycles. The first-order chi connectivity index (χ1) is 9.61. The smallest absolute Gasteiger partial charge is 0.338 e. The highest BCUT2D eigenvalue weighted by molar-refractivity contribution is 5.91. The molecule has 0 atom stereocenters. The molecule has 1 aromatic carbocycles. The standard InChI is InChI=1S/C14H18N2O4/c1-2-20-14(17)10-7-8-12(13(9-10)16(18)19)15-11-5-3-4-6-11/h7-9,11,15H,2-6H2,1H3. The molecule has 0 radical (unpaired) electrons. The zero-order valence-electron chi connectivity index (χ0n) is 11.4. The van der Waals surface area contributed by atoms with Crippen LogP contribution in [0.3, 0.4) is 0 Å². The largest absolute Gasteiger partial charge is 0.462 e. The number of nitrogens with one attached hydrogen (secondary N) is 1. The van der Waals surface area contributed by atoms with Gasteiger partial charge in [0.05, 0.1) is 17.1 Å². The quantitative estimate of drug-likeness (QED) is 0.508. The van der Waals surface area contributed by atoms with Gasteiger partial charge in [-0.2, -0.15) is 0 Å². The van der Waals surface area contributed by atoms with Gasteiger partial charge in [0.15, 0.2) is 0 Å². The Hall–Kier alpha value is -2.11. The maximum absolute atomic E-state index is 11.6. The molecule has 0 bridgehead atoms. The second-order valence-corrected chi connectivity index (χ2v) is 4.84. The van der Waals surface area contributed by atoms with E-state index in [4.69, 9.17) is 4.74 Å². The van der Waals surface area contributed by atoms with Gasteiger partial charge in [0.1, 0.15) is 5.69 Å². The molecular formula is C14H18N2O4. The van der Waals surface area contributed by atoms with E-state index in [-0.39, 0.29) is 23.9 Å². The lowest BCUT2D eigenvalue weighted by molar-refractivity contribution is -0.384. The third-order valence-electron chi connectivity index (χ3n) is 3.42. The van der Waals surface area contributed by atoms with E-state index in [1.807, 2.05) is 0 Å². The van der Waals surface area contributed by atoms with Crippen LogP contribution in [0, 0.1) is 10.1 Å². The maximum Gasteiger partial charge on any atom is 0.338 e. The summed E-state index contributed by atoms with van der Waals surface area (Å²) in [4.78, 5) is 22.3. The Bertz CT molecular complexity index is 510. The van der Waals surface area contributed by atoms with E-state index in [0.717, 1.165) is 25.7 Å². The number of esters is 1. The monoisotopic (exact) mass is 278 g/mol. The van der Waals surface area contributed by atoms with Crippen LogP contribution in [0.5, 0.6) is 0 Å². The van der Waals surface area contributed by atoms with Crippen LogP contribution in [0.2, 0.25) is 0 Å². The fourth-order valence-electron chi connectivity index (χ4n) is 2.44. The van der Waals surface area contributed by atoms with Gasteiger partial charge < -0.3 is 10.1 Å². The van der Waals surface area contributed by atoms with Crippen LogP contribution < -0.4 is 5.32 Å². The normalized spacial score (nSPS) is 15.1. The van der Waals surface area contributed by atoms with Crippen molar-refractivity contribution in [2.24, 2.45) is 0 Å². The minimum Gasteiger partial charge on any atom is -0.462 e. The molecule has 6 nitrogen and oxygen atoms in total. The Morgan fingerprint density at radius 2 is 2.15 bits per heavy atom. The van der Waals surface area contributed by atoms with E-state index in [1.165, 1.54) is 6.07 Å². The molecule has 1 N–H and O–H groups in total. The van der Waals surface area contributed by atoms with Gasteiger partial charge in [-0.25, -0.2) is 4.79 Å². The molecule has 1 aliphatic rings. The van der Waals surface area contributed by atoms with Crippen molar-refractivity contribution >= 4 is 17.3 Å². The van der Waals surface area contributed by atoms with Crippen LogP contribution in [0.25, 0.3) is 0 Å². The van der Waals surface area contributed by atoms with Crippen LogP contribution in [0.1, 0.15) is 43.0 Å². The van der Waals surface area contributed by atoms with Gasteiger partial charge in [-0.3, -0.25) is 10.1 Å². The van der Waals surface area contributed by atoms with Crippen LogP contribution in [0.4, 0.5) is 11.4 Å². The molecule has 1 saturated carbocycles. The summed E-state index contributed by atoms with van der Waals surface area (Å²) in [6.45, 7) is 1.94. The molecule has 2 rings (SSSR count). The number of nitro groups is 1. The van der Waals surface area contributed by atoms with Gasteiger partial charge >= 0.3 is 5.97 Å². The van der Waals surface area contributed by atoms with Gasteiger partial charge in [-0.15, -0.1) is 0 Å². The number of rotatable bonds is 5. The second kappa shape index (κ2) is 6.36. The Morgan fingerprint density at radius 3 is 2.75 bits per heavy atom. The summed E-state index contributed by atoms with van der Waals surface area (Å²) in [6.07, 6.45) is 4.34. The molecule has 0 aliphatic heterocycles. The lowest BCUT2D eigenvalue weighted by atomic mass is 10.1. The Kier molecular flexibility index (Phi) is 4.55. The third-order valence-corrected chi connectivity index (χ3v) is 3.42. The number of anilines is 1. The van der Waals surface area contributed by atoms with Crippen molar-refractivity contribution in [1.29, 1.82) is 0 Å². The number of nitrogens with zero attached hydrogens (tertiary/aromatic N) is 1. The van der Waals surface area contributed by atoms with Crippen molar-refractivity contribution in [3.05, 3.63) is 33.9 Å². The van der Waals surface area contributed by atoms with Crippen LogP contribution in [-0.4, -0.2) is 23.5 Å².